The number of sulfonamides is 1. The Balaban J connectivity index is 3.08. The summed E-state index contributed by atoms with van der Waals surface area (Å²) < 4.78 is 25.5. The lowest BCUT2D eigenvalue weighted by Crippen LogP contribution is -2.33. The molecule has 5 heteroatoms. The molecular weight excluding hydrogens is 246 g/mol. The van der Waals surface area contributed by atoms with Gasteiger partial charge in [-0.2, -0.15) is 4.31 Å². The molecule has 0 heterocycles. The van der Waals surface area contributed by atoms with Crippen molar-refractivity contribution in [3.63, 3.8) is 0 Å². The van der Waals surface area contributed by atoms with Gasteiger partial charge in [0.15, 0.2) is 0 Å². The van der Waals surface area contributed by atoms with E-state index >= 15 is 0 Å². The third-order valence-electron chi connectivity index (χ3n) is 2.48. The van der Waals surface area contributed by atoms with Crippen LogP contribution < -0.4 is 0 Å². The summed E-state index contributed by atoms with van der Waals surface area (Å²) in [5.41, 5.74) is 0.910. The number of hydrogen-bond donors (Lipinski definition) is 0. The summed E-state index contributed by atoms with van der Waals surface area (Å²) in [6, 6.07) is 6.58. The summed E-state index contributed by atoms with van der Waals surface area (Å²) in [6.45, 7) is 3.68. The molecule has 0 aliphatic rings. The first kappa shape index (κ1) is 13.5. The van der Waals surface area contributed by atoms with Crippen LogP contribution in [0.4, 0.5) is 0 Å². The van der Waals surface area contributed by atoms with Crippen LogP contribution in [0.1, 0.15) is 19.4 Å². The molecule has 0 aliphatic heterocycles. The molecule has 0 radical (unpaired) electrons. The summed E-state index contributed by atoms with van der Waals surface area (Å²) in [5.74, 6) is 0.389. The number of benzene rings is 1. The van der Waals surface area contributed by atoms with Gasteiger partial charge < -0.3 is 0 Å². The summed E-state index contributed by atoms with van der Waals surface area (Å²) >= 11 is 5.65. The van der Waals surface area contributed by atoms with Gasteiger partial charge in [0, 0.05) is 19.0 Å². The SMILES string of the molecule is CC(C)N(C)S(=O)(=O)c1ccc(CCl)cc1. The minimum atomic E-state index is -3.37. The van der Waals surface area contributed by atoms with E-state index in [-0.39, 0.29) is 6.04 Å². The second-order valence-electron chi connectivity index (χ2n) is 3.89. The Morgan fingerprint density at radius 3 is 2.12 bits per heavy atom. The molecule has 0 aliphatic carbocycles. The van der Waals surface area contributed by atoms with Crippen LogP contribution in [0.3, 0.4) is 0 Å². The van der Waals surface area contributed by atoms with Crippen LogP contribution in [0.15, 0.2) is 29.2 Å². The van der Waals surface area contributed by atoms with Gasteiger partial charge in [-0.15, -0.1) is 11.6 Å². The largest absolute Gasteiger partial charge is 0.243 e. The maximum atomic E-state index is 12.1. The summed E-state index contributed by atoms with van der Waals surface area (Å²) in [5, 5.41) is 0. The van der Waals surface area contributed by atoms with Crippen LogP contribution in [-0.2, 0) is 15.9 Å². The predicted octanol–water partition coefficient (Wildman–Crippen LogP) is 2.45. The minimum absolute atomic E-state index is 0.0577. The minimum Gasteiger partial charge on any atom is -0.207 e. The lowest BCUT2D eigenvalue weighted by molar-refractivity contribution is 0.410. The molecule has 3 nitrogen and oxygen atoms in total. The number of rotatable bonds is 4. The highest BCUT2D eigenvalue weighted by atomic mass is 35.5. The Kier molecular flexibility index (Phi) is 4.35. The third kappa shape index (κ3) is 2.75. The molecule has 1 aromatic rings. The van der Waals surface area contributed by atoms with Crippen LogP contribution >= 0.6 is 11.6 Å². The number of alkyl halides is 1. The molecule has 1 aromatic carbocycles. The molecular formula is C11H16ClNO2S. The Morgan fingerprint density at radius 1 is 1.25 bits per heavy atom. The molecule has 0 fully saturated rings. The average Bonchev–Trinajstić information content (AvgIpc) is 2.28. The fourth-order valence-electron chi connectivity index (χ4n) is 1.19. The van der Waals surface area contributed by atoms with Crippen LogP contribution in [-0.4, -0.2) is 25.8 Å². The topological polar surface area (TPSA) is 37.4 Å². The van der Waals surface area contributed by atoms with E-state index in [1.165, 1.54) is 4.31 Å². The normalized spacial score (nSPS) is 12.4. The second-order valence-corrected chi connectivity index (χ2v) is 6.16. The molecule has 0 unspecified atom stereocenters. The van der Waals surface area contributed by atoms with Gasteiger partial charge in [-0.3, -0.25) is 0 Å². The maximum absolute atomic E-state index is 12.1. The molecule has 90 valence electrons. The van der Waals surface area contributed by atoms with Gasteiger partial charge in [-0.05, 0) is 31.5 Å². The van der Waals surface area contributed by atoms with Gasteiger partial charge in [0.2, 0.25) is 10.0 Å². The zero-order valence-corrected chi connectivity index (χ0v) is 11.2. The van der Waals surface area contributed by atoms with E-state index in [1.807, 2.05) is 13.8 Å². The third-order valence-corrected chi connectivity index (χ3v) is 4.84. The van der Waals surface area contributed by atoms with Crippen molar-refractivity contribution in [2.24, 2.45) is 0 Å². The second kappa shape index (κ2) is 5.17. The van der Waals surface area contributed by atoms with E-state index in [0.717, 1.165) is 5.56 Å². The first-order chi connectivity index (χ1) is 7.39. The van der Waals surface area contributed by atoms with Crippen molar-refractivity contribution in [1.82, 2.24) is 4.31 Å². The summed E-state index contributed by atoms with van der Waals surface area (Å²) in [6.07, 6.45) is 0. The van der Waals surface area contributed by atoms with E-state index < -0.39 is 10.0 Å². The molecule has 0 amide bonds. The van der Waals surface area contributed by atoms with Gasteiger partial charge in [0.1, 0.15) is 0 Å². The van der Waals surface area contributed by atoms with Crippen molar-refractivity contribution in [3.8, 4) is 0 Å². The highest BCUT2D eigenvalue weighted by Crippen LogP contribution is 2.17. The molecule has 0 N–H and O–H groups in total. The smallest absolute Gasteiger partial charge is 0.207 e. The fourth-order valence-corrected chi connectivity index (χ4v) is 2.74. The van der Waals surface area contributed by atoms with Crippen LogP contribution in [0.5, 0.6) is 0 Å². The number of halogens is 1. The van der Waals surface area contributed by atoms with E-state index in [2.05, 4.69) is 0 Å². The summed E-state index contributed by atoms with van der Waals surface area (Å²) in [7, 11) is -1.79. The first-order valence-electron chi connectivity index (χ1n) is 5.02. The van der Waals surface area contributed by atoms with Gasteiger partial charge >= 0.3 is 0 Å². The first-order valence-corrected chi connectivity index (χ1v) is 7.00. The van der Waals surface area contributed by atoms with Crippen molar-refractivity contribution >= 4 is 21.6 Å². The zero-order valence-electron chi connectivity index (χ0n) is 9.64. The van der Waals surface area contributed by atoms with Crippen molar-refractivity contribution in [3.05, 3.63) is 29.8 Å². The lowest BCUT2D eigenvalue weighted by Gasteiger charge is -2.20. The highest BCUT2D eigenvalue weighted by molar-refractivity contribution is 7.89. The van der Waals surface area contributed by atoms with E-state index in [1.54, 1.807) is 31.3 Å². The van der Waals surface area contributed by atoms with Crippen molar-refractivity contribution < 1.29 is 8.42 Å². The summed E-state index contributed by atoms with van der Waals surface area (Å²) in [4.78, 5) is 0.303. The molecule has 0 aromatic heterocycles. The molecule has 0 saturated heterocycles. The lowest BCUT2D eigenvalue weighted by atomic mass is 10.2. The molecule has 1 rings (SSSR count). The van der Waals surface area contributed by atoms with E-state index in [0.29, 0.717) is 10.8 Å². The monoisotopic (exact) mass is 261 g/mol. The molecule has 0 bridgehead atoms. The fraction of sp³-hybridized carbons (Fsp3) is 0.455. The van der Waals surface area contributed by atoms with Gasteiger partial charge in [0.05, 0.1) is 4.90 Å². The van der Waals surface area contributed by atoms with Gasteiger partial charge in [0.25, 0.3) is 0 Å². The highest BCUT2D eigenvalue weighted by Gasteiger charge is 2.22. The predicted molar refractivity (Wildman–Crippen MR) is 66.1 cm³/mol. The average molecular weight is 262 g/mol. The zero-order chi connectivity index (χ0) is 12.3. The van der Waals surface area contributed by atoms with Crippen LogP contribution in [0, 0.1) is 0 Å². The van der Waals surface area contributed by atoms with Gasteiger partial charge in [-0.1, -0.05) is 12.1 Å². The van der Waals surface area contributed by atoms with Crippen LogP contribution in [0.2, 0.25) is 0 Å². The molecule has 0 spiro atoms. The molecule has 0 atom stereocenters. The molecule has 0 saturated carbocycles. The van der Waals surface area contributed by atoms with Crippen molar-refractivity contribution in [1.29, 1.82) is 0 Å². The maximum Gasteiger partial charge on any atom is 0.243 e. The van der Waals surface area contributed by atoms with Gasteiger partial charge in [-0.25, -0.2) is 8.42 Å². The number of nitrogens with zero attached hydrogens (tertiary/aromatic N) is 1. The Bertz CT molecular complexity index is 440. The molecule has 16 heavy (non-hydrogen) atoms. The van der Waals surface area contributed by atoms with E-state index in [4.69, 9.17) is 11.6 Å². The number of hydrogen-bond acceptors (Lipinski definition) is 2. The Morgan fingerprint density at radius 2 is 1.75 bits per heavy atom. The van der Waals surface area contributed by atoms with E-state index in [9.17, 15) is 8.42 Å². The quantitative estimate of drug-likeness (QED) is 0.781. The Hall–Kier alpha value is -0.580. The van der Waals surface area contributed by atoms with Crippen molar-refractivity contribution in [2.75, 3.05) is 7.05 Å². The van der Waals surface area contributed by atoms with Crippen molar-refractivity contribution in [2.45, 2.75) is 30.7 Å². The Labute approximate surface area is 102 Å². The standard InChI is InChI=1S/C11H16ClNO2S/c1-9(2)13(3)16(14,15)11-6-4-10(8-12)5-7-11/h4-7,9H,8H2,1-3H3. The van der Waals surface area contributed by atoms with Crippen LogP contribution in [0.25, 0.3) is 0 Å².